The summed E-state index contributed by atoms with van der Waals surface area (Å²) in [5.74, 6) is -0.0782. The fourth-order valence-corrected chi connectivity index (χ4v) is 2.74. The lowest BCUT2D eigenvalue weighted by Gasteiger charge is -2.12. The van der Waals surface area contributed by atoms with E-state index in [-0.39, 0.29) is 11.2 Å². The molecule has 6 nitrogen and oxygen atoms in total. The maximum atomic E-state index is 12.1. The number of halogens is 1. The van der Waals surface area contributed by atoms with Gasteiger partial charge < -0.3 is 5.32 Å². The quantitative estimate of drug-likeness (QED) is 0.824. The molecule has 2 rings (SSSR count). The van der Waals surface area contributed by atoms with E-state index >= 15 is 0 Å². The van der Waals surface area contributed by atoms with E-state index in [0.717, 1.165) is 5.56 Å². The lowest BCUT2D eigenvalue weighted by molar-refractivity contribution is -0.120. The Balaban J connectivity index is 1.90. The Hall–Kier alpha value is -1.60. The molecule has 0 saturated heterocycles. The van der Waals surface area contributed by atoms with Gasteiger partial charge in [0.25, 0.3) is 0 Å². The maximum absolute atomic E-state index is 12.1. The summed E-state index contributed by atoms with van der Waals surface area (Å²) in [5.41, 5.74) is 0.892. The lowest BCUT2D eigenvalue weighted by atomic mass is 10.2. The van der Waals surface area contributed by atoms with Gasteiger partial charge >= 0.3 is 0 Å². The average Bonchev–Trinajstić information content (AvgIpc) is 2.93. The van der Waals surface area contributed by atoms with Crippen LogP contribution in [0.1, 0.15) is 19.4 Å². The SMILES string of the molecule is CCn1nnnc1SC(C)C(=O)NCc1ccccc1Cl. The molecular weight excluding hydrogens is 310 g/mol. The second kappa shape index (κ2) is 7.42. The molecule has 8 heteroatoms. The Morgan fingerprint density at radius 3 is 2.95 bits per heavy atom. The second-order valence-corrected chi connectivity index (χ2v) is 6.06. The first kappa shape index (κ1) is 15.8. The number of hydrogen-bond donors (Lipinski definition) is 1. The predicted molar refractivity (Wildman–Crippen MR) is 82.1 cm³/mol. The first-order valence-electron chi connectivity index (χ1n) is 6.55. The third kappa shape index (κ3) is 4.18. The van der Waals surface area contributed by atoms with Gasteiger partial charge in [-0.15, -0.1) is 5.10 Å². The van der Waals surface area contributed by atoms with Crippen molar-refractivity contribution in [1.29, 1.82) is 0 Å². The molecule has 0 saturated carbocycles. The summed E-state index contributed by atoms with van der Waals surface area (Å²) in [5, 5.41) is 15.2. The molecule has 112 valence electrons. The standard InChI is InChI=1S/C13H16ClN5OS/c1-3-19-13(16-17-18-19)21-9(2)12(20)15-8-10-6-4-5-7-11(10)14/h4-7,9H,3,8H2,1-2H3,(H,15,20). The van der Waals surface area contributed by atoms with E-state index in [9.17, 15) is 4.79 Å². The van der Waals surface area contributed by atoms with E-state index in [4.69, 9.17) is 11.6 Å². The van der Waals surface area contributed by atoms with Crippen LogP contribution in [-0.2, 0) is 17.9 Å². The molecule has 1 atom stereocenters. The van der Waals surface area contributed by atoms with Crippen LogP contribution in [0.4, 0.5) is 0 Å². The van der Waals surface area contributed by atoms with E-state index < -0.39 is 0 Å². The molecule has 1 aromatic carbocycles. The molecule has 1 aromatic heterocycles. The molecule has 0 radical (unpaired) electrons. The second-order valence-electron chi connectivity index (χ2n) is 4.35. The number of nitrogens with one attached hydrogen (secondary N) is 1. The van der Waals surface area contributed by atoms with Gasteiger partial charge in [0.15, 0.2) is 0 Å². The van der Waals surface area contributed by atoms with Crippen LogP contribution in [0.15, 0.2) is 29.4 Å². The molecule has 0 aliphatic heterocycles. The minimum Gasteiger partial charge on any atom is -0.351 e. The summed E-state index contributed by atoms with van der Waals surface area (Å²) >= 11 is 7.39. The van der Waals surface area contributed by atoms with E-state index in [1.54, 1.807) is 10.7 Å². The molecule has 1 N–H and O–H groups in total. The summed E-state index contributed by atoms with van der Waals surface area (Å²) in [6, 6.07) is 7.44. The molecule has 0 bridgehead atoms. The van der Waals surface area contributed by atoms with Crippen LogP contribution >= 0.6 is 23.4 Å². The van der Waals surface area contributed by atoms with Gasteiger partial charge in [-0.2, -0.15) is 0 Å². The van der Waals surface area contributed by atoms with Crippen molar-refractivity contribution in [3.8, 4) is 0 Å². The zero-order valence-corrected chi connectivity index (χ0v) is 13.4. The summed E-state index contributed by atoms with van der Waals surface area (Å²) < 4.78 is 1.66. The van der Waals surface area contributed by atoms with Crippen molar-refractivity contribution in [2.75, 3.05) is 0 Å². The Morgan fingerprint density at radius 1 is 1.48 bits per heavy atom. The number of aromatic nitrogens is 4. The van der Waals surface area contributed by atoms with Gasteiger partial charge in [0.2, 0.25) is 11.1 Å². The van der Waals surface area contributed by atoms with Crippen molar-refractivity contribution in [3.63, 3.8) is 0 Å². The first-order chi connectivity index (χ1) is 10.1. The monoisotopic (exact) mass is 325 g/mol. The molecule has 1 heterocycles. The Morgan fingerprint density at radius 2 is 2.24 bits per heavy atom. The molecule has 1 unspecified atom stereocenters. The zero-order chi connectivity index (χ0) is 15.2. The van der Waals surface area contributed by atoms with Gasteiger partial charge in [-0.05, 0) is 35.9 Å². The number of benzene rings is 1. The smallest absolute Gasteiger partial charge is 0.233 e. The molecule has 0 spiro atoms. The number of carbonyl (C=O) groups is 1. The largest absolute Gasteiger partial charge is 0.351 e. The summed E-state index contributed by atoms with van der Waals surface area (Å²) in [7, 11) is 0. The fraction of sp³-hybridized carbons (Fsp3) is 0.385. The minimum absolute atomic E-state index is 0.0782. The van der Waals surface area contributed by atoms with Gasteiger partial charge in [-0.25, -0.2) is 4.68 Å². The highest BCUT2D eigenvalue weighted by Crippen LogP contribution is 2.20. The third-order valence-electron chi connectivity index (χ3n) is 2.86. The maximum Gasteiger partial charge on any atom is 0.233 e. The molecule has 0 fully saturated rings. The summed E-state index contributed by atoms with van der Waals surface area (Å²) in [6.07, 6.45) is 0. The number of carbonyl (C=O) groups excluding carboxylic acids is 1. The van der Waals surface area contributed by atoms with Crippen LogP contribution in [0.25, 0.3) is 0 Å². The lowest BCUT2D eigenvalue weighted by Crippen LogP contribution is -2.30. The van der Waals surface area contributed by atoms with Gasteiger partial charge in [0.05, 0.1) is 5.25 Å². The number of hydrogen-bond acceptors (Lipinski definition) is 5. The van der Waals surface area contributed by atoms with Gasteiger partial charge in [0.1, 0.15) is 0 Å². The van der Waals surface area contributed by atoms with E-state index in [1.807, 2.05) is 32.0 Å². The molecule has 2 aromatic rings. The fourth-order valence-electron chi connectivity index (χ4n) is 1.66. The van der Waals surface area contributed by atoms with Crippen LogP contribution in [0.3, 0.4) is 0 Å². The highest BCUT2D eigenvalue weighted by atomic mass is 35.5. The van der Waals surface area contributed by atoms with Crippen molar-refractivity contribution < 1.29 is 4.79 Å². The van der Waals surface area contributed by atoms with Crippen LogP contribution in [0.2, 0.25) is 5.02 Å². The number of rotatable bonds is 6. The zero-order valence-electron chi connectivity index (χ0n) is 11.8. The average molecular weight is 326 g/mol. The number of thioether (sulfide) groups is 1. The van der Waals surface area contributed by atoms with E-state index in [2.05, 4.69) is 20.8 Å². The predicted octanol–water partition coefficient (Wildman–Crippen LogP) is 2.14. The number of aryl methyl sites for hydroxylation is 1. The first-order valence-corrected chi connectivity index (χ1v) is 7.81. The van der Waals surface area contributed by atoms with E-state index in [0.29, 0.717) is 23.3 Å². The van der Waals surface area contributed by atoms with Crippen molar-refractivity contribution in [1.82, 2.24) is 25.5 Å². The Bertz CT molecular complexity index is 618. The number of amides is 1. The van der Waals surface area contributed by atoms with Crippen molar-refractivity contribution in [2.24, 2.45) is 0 Å². The number of tetrazole rings is 1. The molecule has 0 aliphatic carbocycles. The van der Waals surface area contributed by atoms with E-state index in [1.165, 1.54) is 11.8 Å². The number of nitrogens with zero attached hydrogens (tertiary/aromatic N) is 4. The molecule has 0 aliphatic rings. The molecule has 1 amide bonds. The molecular formula is C13H16ClN5OS. The van der Waals surface area contributed by atoms with Crippen LogP contribution in [0, 0.1) is 0 Å². The van der Waals surface area contributed by atoms with Crippen molar-refractivity contribution >= 4 is 29.3 Å². The Labute approximate surface area is 132 Å². The highest BCUT2D eigenvalue weighted by Gasteiger charge is 2.18. The van der Waals surface area contributed by atoms with Crippen LogP contribution in [-0.4, -0.2) is 31.4 Å². The normalized spacial score (nSPS) is 12.1. The van der Waals surface area contributed by atoms with Gasteiger partial charge in [0, 0.05) is 18.1 Å². The van der Waals surface area contributed by atoms with Gasteiger partial charge in [-0.1, -0.05) is 41.6 Å². The van der Waals surface area contributed by atoms with Crippen LogP contribution in [0.5, 0.6) is 0 Å². The van der Waals surface area contributed by atoms with Crippen molar-refractivity contribution in [3.05, 3.63) is 34.9 Å². The topological polar surface area (TPSA) is 72.7 Å². The minimum atomic E-state index is -0.288. The highest BCUT2D eigenvalue weighted by molar-refractivity contribution is 8.00. The summed E-state index contributed by atoms with van der Waals surface area (Å²) in [4.78, 5) is 12.1. The van der Waals surface area contributed by atoms with Gasteiger partial charge in [-0.3, -0.25) is 4.79 Å². The Kier molecular flexibility index (Phi) is 5.58. The molecule has 21 heavy (non-hydrogen) atoms. The third-order valence-corrected chi connectivity index (χ3v) is 4.30. The van der Waals surface area contributed by atoms with Crippen molar-refractivity contribution in [2.45, 2.75) is 37.3 Å². The van der Waals surface area contributed by atoms with Crippen LogP contribution < -0.4 is 5.32 Å². The summed E-state index contributed by atoms with van der Waals surface area (Å²) in [6.45, 7) is 4.84.